The van der Waals surface area contributed by atoms with Crippen LogP contribution in [-0.4, -0.2) is 41.5 Å². The highest BCUT2D eigenvalue weighted by atomic mass is 16.6. The number of fused-ring (bicyclic) bond motifs is 5. The molecule has 1 spiro atoms. The van der Waals surface area contributed by atoms with Crippen LogP contribution in [0.4, 0.5) is 11.4 Å². The number of nitro benzene ring substituents is 1. The van der Waals surface area contributed by atoms with E-state index < -0.39 is 28.3 Å². The summed E-state index contributed by atoms with van der Waals surface area (Å²) in [6.45, 7) is 0. The highest BCUT2D eigenvalue weighted by molar-refractivity contribution is 6.32. The number of anilines is 1. The Morgan fingerprint density at radius 3 is 2.21 bits per heavy atom. The van der Waals surface area contributed by atoms with E-state index in [9.17, 15) is 24.5 Å². The lowest BCUT2D eigenvalue weighted by Crippen LogP contribution is -2.48. The Hall–Kier alpha value is -5.37. The summed E-state index contributed by atoms with van der Waals surface area (Å²) >= 11 is 0. The number of methoxy groups -OCH3 is 1. The number of hydrogen-bond donors (Lipinski definition) is 0. The van der Waals surface area contributed by atoms with Gasteiger partial charge in [-0.2, -0.15) is 0 Å². The number of hydrogen-bond acceptors (Lipinski definition) is 7. The summed E-state index contributed by atoms with van der Waals surface area (Å²) in [5.41, 5.74) is 1.35. The fourth-order valence-electron chi connectivity index (χ4n) is 7.04. The largest absolute Gasteiger partial charge is 0.497 e. The monoisotopic (exact) mass is 556 g/mol. The fourth-order valence-corrected chi connectivity index (χ4v) is 7.04. The molecule has 42 heavy (non-hydrogen) atoms. The van der Waals surface area contributed by atoms with Crippen LogP contribution in [0.1, 0.15) is 48.1 Å². The van der Waals surface area contributed by atoms with Crippen molar-refractivity contribution < 1.29 is 24.0 Å². The second-order valence-electron chi connectivity index (χ2n) is 10.7. The van der Waals surface area contributed by atoms with Gasteiger partial charge in [0.15, 0.2) is 17.3 Å². The lowest BCUT2D eigenvalue weighted by atomic mass is 9.64. The SMILES string of the molecule is COc1cccc([C@@H]2[C@@H](C(=O)c3ccc([N+](=O)[O-])cc3)N3c4ccccc4C=CC3C23C(=O)c2ccccc2C3=O)c1. The Morgan fingerprint density at radius 2 is 1.55 bits per heavy atom. The molecule has 1 fully saturated rings. The molecule has 0 radical (unpaired) electrons. The van der Waals surface area contributed by atoms with Crippen LogP contribution < -0.4 is 9.64 Å². The van der Waals surface area contributed by atoms with Crippen molar-refractivity contribution in [1.29, 1.82) is 0 Å². The highest BCUT2D eigenvalue weighted by Gasteiger charge is 2.71. The van der Waals surface area contributed by atoms with Gasteiger partial charge in [-0.05, 0) is 41.5 Å². The molecular formula is C34H24N2O6. The third-order valence-corrected chi connectivity index (χ3v) is 8.80. The van der Waals surface area contributed by atoms with E-state index in [0.29, 0.717) is 22.4 Å². The first-order valence-electron chi connectivity index (χ1n) is 13.5. The van der Waals surface area contributed by atoms with E-state index in [-0.39, 0.29) is 28.6 Å². The van der Waals surface area contributed by atoms with Gasteiger partial charge in [0.25, 0.3) is 5.69 Å². The Kier molecular flexibility index (Phi) is 5.69. The first kappa shape index (κ1) is 25.6. The maximum atomic E-state index is 14.7. The predicted octanol–water partition coefficient (Wildman–Crippen LogP) is 5.92. The molecule has 0 saturated carbocycles. The van der Waals surface area contributed by atoms with Crippen LogP contribution in [0, 0.1) is 15.5 Å². The first-order valence-corrected chi connectivity index (χ1v) is 13.5. The van der Waals surface area contributed by atoms with Gasteiger partial charge < -0.3 is 9.64 Å². The van der Waals surface area contributed by atoms with Crippen LogP contribution in [0.3, 0.4) is 0 Å². The van der Waals surface area contributed by atoms with E-state index in [0.717, 1.165) is 11.3 Å². The van der Waals surface area contributed by atoms with E-state index in [1.165, 1.54) is 31.4 Å². The highest BCUT2D eigenvalue weighted by Crippen LogP contribution is 2.61. The molecule has 3 aliphatic rings. The maximum Gasteiger partial charge on any atom is 0.269 e. The molecule has 206 valence electrons. The summed E-state index contributed by atoms with van der Waals surface area (Å²) < 4.78 is 5.53. The van der Waals surface area contributed by atoms with Crippen molar-refractivity contribution in [3.63, 3.8) is 0 Å². The molecule has 2 heterocycles. The molecule has 4 aromatic rings. The number of rotatable bonds is 5. The van der Waals surface area contributed by atoms with Crippen molar-refractivity contribution in [2.45, 2.75) is 18.0 Å². The van der Waals surface area contributed by atoms with Gasteiger partial charge in [-0.25, -0.2) is 0 Å². The molecule has 1 unspecified atom stereocenters. The van der Waals surface area contributed by atoms with E-state index >= 15 is 0 Å². The second kappa shape index (κ2) is 9.34. The number of Topliss-reactive ketones (excluding diaryl/α,β-unsaturated/α-hetero) is 3. The van der Waals surface area contributed by atoms with E-state index in [2.05, 4.69) is 0 Å². The summed E-state index contributed by atoms with van der Waals surface area (Å²) in [5, 5.41) is 11.3. The third kappa shape index (κ3) is 3.38. The van der Waals surface area contributed by atoms with Crippen molar-refractivity contribution in [3.05, 3.63) is 141 Å². The molecule has 8 nitrogen and oxygen atoms in total. The molecule has 0 bridgehead atoms. The zero-order valence-electron chi connectivity index (χ0n) is 22.5. The Bertz CT molecular complexity index is 1810. The van der Waals surface area contributed by atoms with Gasteiger partial charge >= 0.3 is 0 Å². The molecule has 1 saturated heterocycles. The fraction of sp³-hybridized carbons (Fsp3) is 0.147. The molecule has 8 heteroatoms. The average Bonchev–Trinajstić information content (AvgIpc) is 3.47. The minimum atomic E-state index is -1.64. The summed E-state index contributed by atoms with van der Waals surface area (Å²) in [6, 6.07) is 25.2. The van der Waals surface area contributed by atoms with Gasteiger partial charge in [0.1, 0.15) is 17.2 Å². The Balaban J connectivity index is 1.52. The normalized spacial score (nSPS) is 21.2. The van der Waals surface area contributed by atoms with E-state index in [4.69, 9.17) is 4.74 Å². The number of carbonyl (C=O) groups excluding carboxylic acids is 3. The van der Waals surface area contributed by atoms with Gasteiger partial charge in [-0.15, -0.1) is 0 Å². The molecule has 4 aromatic carbocycles. The van der Waals surface area contributed by atoms with Crippen molar-refractivity contribution in [3.8, 4) is 5.75 Å². The quantitative estimate of drug-likeness (QED) is 0.130. The lowest BCUT2D eigenvalue weighted by Gasteiger charge is -2.37. The van der Waals surface area contributed by atoms with Gasteiger partial charge in [0.05, 0.1) is 18.1 Å². The van der Waals surface area contributed by atoms with Gasteiger partial charge in [-0.3, -0.25) is 24.5 Å². The Morgan fingerprint density at radius 1 is 0.881 bits per heavy atom. The second-order valence-corrected chi connectivity index (χ2v) is 10.7. The standard InChI is InChI=1S/C34H24N2O6/c1-42-24-9-6-8-22(19-24)29-30(31(37)21-13-16-23(17-14-21)36(40)41)35-27-12-5-2-7-20(27)15-18-28(35)34(29)32(38)25-10-3-4-11-26(25)33(34)39/h2-19,28-30H,1H3/t28?,29-,30+/m1/s1. The summed E-state index contributed by atoms with van der Waals surface area (Å²) in [7, 11) is 1.53. The number of ketones is 3. The predicted molar refractivity (Wildman–Crippen MR) is 156 cm³/mol. The number of para-hydroxylation sites is 1. The molecule has 1 aliphatic carbocycles. The first-order chi connectivity index (χ1) is 20.4. The molecule has 0 N–H and O–H groups in total. The molecule has 7 rings (SSSR count). The van der Waals surface area contributed by atoms with E-state index in [1.54, 1.807) is 42.5 Å². The summed E-state index contributed by atoms with van der Waals surface area (Å²) in [4.78, 5) is 56.7. The molecule has 2 aliphatic heterocycles. The number of benzene rings is 4. The number of ether oxygens (including phenoxy) is 1. The van der Waals surface area contributed by atoms with Crippen molar-refractivity contribution in [1.82, 2.24) is 0 Å². The smallest absolute Gasteiger partial charge is 0.269 e. The maximum absolute atomic E-state index is 14.7. The molecule has 3 atom stereocenters. The van der Waals surface area contributed by atoms with Crippen LogP contribution in [0.25, 0.3) is 6.08 Å². The van der Waals surface area contributed by atoms with Crippen molar-refractivity contribution in [2.24, 2.45) is 5.41 Å². The molecular weight excluding hydrogens is 532 g/mol. The minimum Gasteiger partial charge on any atom is -0.497 e. The minimum absolute atomic E-state index is 0.139. The van der Waals surface area contributed by atoms with Crippen LogP contribution in [0.5, 0.6) is 5.75 Å². The number of nitro groups is 1. The average molecular weight is 557 g/mol. The van der Waals surface area contributed by atoms with Gasteiger partial charge in [0.2, 0.25) is 0 Å². The number of carbonyl (C=O) groups is 3. The topological polar surface area (TPSA) is 107 Å². The van der Waals surface area contributed by atoms with Crippen LogP contribution in [0.2, 0.25) is 0 Å². The lowest BCUT2D eigenvalue weighted by molar-refractivity contribution is -0.384. The van der Waals surface area contributed by atoms with Gasteiger partial charge in [0, 0.05) is 40.4 Å². The molecule has 0 amide bonds. The summed E-state index contributed by atoms with van der Waals surface area (Å²) in [6.07, 6.45) is 3.77. The number of non-ortho nitro benzene ring substituents is 1. The van der Waals surface area contributed by atoms with E-state index in [1.807, 2.05) is 47.4 Å². The number of nitrogens with zero attached hydrogens (tertiary/aromatic N) is 2. The Labute approximate surface area is 241 Å². The summed E-state index contributed by atoms with van der Waals surface area (Å²) in [5.74, 6) is -1.37. The zero-order valence-corrected chi connectivity index (χ0v) is 22.5. The van der Waals surface area contributed by atoms with Crippen LogP contribution in [0.15, 0.2) is 103 Å². The van der Waals surface area contributed by atoms with Crippen LogP contribution in [-0.2, 0) is 0 Å². The van der Waals surface area contributed by atoms with Crippen LogP contribution >= 0.6 is 0 Å². The third-order valence-electron chi connectivity index (χ3n) is 8.80. The van der Waals surface area contributed by atoms with Gasteiger partial charge in [-0.1, -0.05) is 66.7 Å². The van der Waals surface area contributed by atoms with Crippen molar-refractivity contribution >= 4 is 34.8 Å². The zero-order chi connectivity index (χ0) is 29.2. The molecule has 0 aromatic heterocycles. The van der Waals surface area contributed by atoms with Crippen molar-refractivity contribution in [2.75, 3.05) is 12.0 Å².